The number of para-hydroxylation sites is 1. The molecule has 3 aromatic rings. The lowest BCUT2D eigenvalue weighted by Gasteiger charge is -2.22. The fourth-order valence-corrected chi connectivity index (χ4v) is 3.31. The Bertz CT molecular complexity index is 879. The second-order valence-corrected chi connectivity index (χ2v) is 6.54. The highest BCUT2D eigenvalue weighted by molar-refractivity contribution is 5.70. The smallest absolute Gasteiger partial charge is 0.161 e. The van der Waals surface area contributed by atoms with Crippen molar-refractivity contribution in [2.45, 2.75) is 19.8 Å². The molecule has 0 radical (unpaired) electrons. The Balaban J connectivity index is 2.30. The predicted octanol–water partition coefficient (Wildman–Crippen LogP) is 3.76. The van der Waals surface area contributed by atoms with Gasteiger partial charge in [-0.05, 0) is 54.3 Å². The van der Waals surface area contributed by atoms with Gasteiger partial charge in [-0.25, -0.2) is 0 Å². The van der Waals surface area contributed by atoms with E-state index in [2.05, 4.69) is 0 Å². The highest BCUT2D eigenvalue weighted by atomic mass is 16.3. The number of phenols is 3. The zero-order valence-corrected chi connectivity index (χ0v) is 14.7. The SMILES string of the molecule is Cc1cc(C(c2cc(N)c(O)c(N)c2)c2ccccc2O)cc(C)c1O. The van der Waals surface area contributed by atoms with E-state index in [-0.39, 0.29) is 34.5 Å². The minimum absolute atomic E-state index is 0.145. The summed E-state index contributed by atoms with van der Waals surface area (Å²) in [6.07, 6.45) is 0. The molecule has 0 aliphatic heterocycles. The summed E-state index contributed by atoms with van der Waals surface area (Å²) in [4.78, 5) is 0. The van der Waals surface area contributed by atoms with Crippen molar-refractivity contribution in [3.63, 3.8) is 0 Å². The van der Waals surface area contributed by atoms with E-state index in [1.807, 2.05) is 38.1 Å². The van der Waals surface area contributed by atoms with E-state index < -0.39 is 0 Å². The van der Waals surface area contributed by atoms with Crippen molar-refractivity contribution >= 4 is 11.4 Å². The van der Waals surface area contributed by atoms with Crippen LogP contribution in [-0.4, -0.2) is 15.3 Å². The van der Waals surface area contributed by atoms with Crippen LogP contribution in [0.3, 0.4) is 0 Å². The third kappa shape index (κ3) is 2.99. The molecule has 0 aliphatic rings. The first-order valence-corrected chi connectivity index (χ1v) is 8.25. The van der Waals surface area contributed by atoms with Gasteiger partial charge in [0.25, 0.3) is 0 Å². The van der Waals surface area contributed by atoms with Gasteiger partial charge in [-0.2, -0.15) is 0 Å². The summed E-state index contributed by atoms with van der Waals surface area (Å²) >= 11 is 0. The molecule has 0 bridgehead atoms. The molecule has 0 heterocycles. The number of hydrogen-bond donors (Lipinski definition) is 5. The Morgan fingerprint density at radius 3 is 1.77 bits per heavy atom. The maximum atomic E-state index is 10.4. The zero-order valence-electron chi connectivity index (χ0n) is 14.7. The number of benzene rings is 3. The molecule has 134 valence electrons. The van der Waals surface area contributed by atoms with Crippen molar-refractivity contribution in [1.29, 1.82) is 0 Å². The molecular formula is C21H22N2O3. The van der Waals surface area contributed by atoms with E-state index in [1.165, 1.54) is 0 Å². The Hall–Kier alpha value is -3.34. The average molecular weight is 350 g/mol. The molecule has 0 saturated carbocycles. The predicted molar refractivity (Wildman–Crippen MR) is 104 cm³/mol. The topological polar surface area (TPSA) is 113 Å². The molecule has 0 spiro atoms. The van der Waals surface area contributed by atoms with Crippen LogP contribution < -0.4 is 11.5 Å². The van der Waals surface area contributed by atoms with Crippen molar-refractivity contribution in [1.82, 2.24) is 0 Å². The summed E-state index contributed by atoms with van der Waals surface area (Å²) in [6, 6.07) is 14.1. The number of nitrogen functional groups attached to an aromatic ring is 2. The minimum atomic E-state index is -0.362. The van der Waals surface area contributed by atoms with Gasteiger partial charge in [0.15, 0.2) is 5.75 Å². The quantitative estimate of drug-likeness (QED) is 0.280. The van der Waals surface area contributed by atoms with Crippen LogP contribution in [0.25, 0.3) is 0 Å². The van der Waals surface area contributed by atoms with Crippen LogP contribution in [0, 0.1) is 13.8 Å². The molecule has 5 heteroatoms. The number of nitrogens with two attached hydrogens (primary N) is 2. The van der Waals surface area contributed by atoms with Crippen LogP contribution in [0.2, 0.25) is 0 Å². The molecule has 0 aromatic heterocycles. The van der Waals surface area contributed by atoms with Crippen LogP contribution in [0.15, 0.2) is 48.5 Å². The molecule has 1 atom stereocenters. The van der Waals surface area contributed by atoms with Gasteiger partial charge in [0.05, 0.1) is 11.4 Å². The molecule has 3 aromatic carbocycles. The van der Waals surface area contributed by atoms with E-state index in [0.717, 1.165) is 22.3 Å². The summed E-state index contributed by atoms with van der Waals surface area (Å²) in [5.41, 5.74) is 15.9. The second kappa shape index (κ2) is 6.52. The average Bonchev–Trinajstić information content (AvgIpc) is 2.59. The Morgan fingerprint density at radius 2 is 1.23 bits per heavy atom. The number of hydrogen-bond acceptors (Lipinski definition) is 5. The zero-order chi connectivity index (χ0) is 19.0. The van der Waals surface area contributed by atoms with Crippen molar-refractivity contribution in [3.05, 3.63) is 76.3 Å². The maximum absolute atomic E-state index is 10.4. The van der Waals surface area contributed by atoms with Gasteiger partial charge in [0, 0.05) is 11.5 Å². The Labute approximate surface area is 152 Å². The van der Waals surface area contributed by atoms with E-state index in [0.29, 0.717) is 5.56 Å². The van der Waals surface area contributed by atoms with Gasteiger partial charge in [0.2, 0.25) is 0 Å². The van der Waals surface area contributed by atoms with Gasteiger partial charge >= 0.3 is 0 Å². The molecule has 0 fully saturated rings. The molecule has 0 saturated heterocycles. The molecule has 0 aliphatic carbocycles. The number of phenolic OH excluding ortho intramolecular Hbond substituents is 3. The normalized spacial score (nSPS) is 12.1. The first-order valence-electron chi connectivity index (χ1n) is 8.25. The summed E-state index contributed by atoms with van der Waals surface area (Å²) < 4.78 is 0. The van der Waals surface area contributed by atoms with Crippen LogP contribution in [-0.2, 0) is 0 Å². The van der Waals surface area contributed by atoms with Gasteiger partial charge in [0.1, 0.15) is 11.5 Å². The monoisotopic (exact) mass is 350 g/mol. The highest BCUT2D eigenvalue weighted by Gasteiger charge is 2.23. The van der Waals surface area contributed by atoms with Gasteiger partial charge in [-0.3, -0.25) is 0 Å². The second-order valence-electron chi connectivity index (χ2n) is 6.54. The van der Waals surface area contributed by atoms with Crippen LogP contribution in [0.4, 0.5) is 11.4 Å². The number of anilines is 2. The Kier molecular flexibility index (Phi) is 4.38. The molecule has 7 N–H and O–H groups in total. The first kappa shape index (κ1) is 17.5. The van der Waals surface area contributed by atoms with E-state index in [9.17, 15) is 15.3 Å². The third-order valence-electron chi connectivity index (χ3n) is 4.62. The number of aryl methyl sites for hydroxylation is 2. The van der Waals surface area contributed by atoms with Crippen LogP contribution in [0.1, 0.15) is 33.7 Å². The van der Waals surface area contributed by atoms with Crippen molar-refractivity contribution < 1.29 is 15.3 Å². The third-order valence-corrected chi connectivity index (χ3v) is 4.62. The van der Waals surface area contributed by atoms with Crippen LogP contribution >= 0.6 is 0 Å². The lowest BCUT2D eigenvalue weighted by Crippen LogP contribution is -2.07. The van der Waals surface area contributed by atoms with E-state index >= 15 is 0 Å². The van der Waals surface area contributed by atoms with Gasteiger partial charge in [-0.15, -0.1) is 0 Å². The van der Waals surface area contributed by atoms with E-state index in [4.69, 9.17) is 11.5 Å². The number of rotatable bonds is 3. The highest BCUT2D eigenvalue weighted by Crippen LogP contribution is 2.42. The van der Waals surface area contributed by atoms with Crippen molar-refractivity contribution in [2.75, 3.05) is 11.5 Å². The molecular weight excluding hydrogens is 328 g/mol. The first-order chi connectivity index (χ1) is 12.3. The summed E-state index contributed by atoms with van der Waals surface area (Å²) in [7, 11) is 0. The van der Waals surface area contributed by atoms with Gasteiger partial charge < -0.3 is 26.8 Å². The van der Waals surface area contributed by atoms with Crippen molar-refractivity contribution in [3.8, 4) is 17.2 Å². The maximum Gasteiger partial charge on any atom is 0.161 e. The summed E-state index contributed by atoms with van der Waals surface area (Å²) in [5, 5.41) is 30.4. The fraction of sp³-hybridized carbons (Fsp3) is 0.143. The molecule has 1 unspecified atom stereocenters. The van der Waals surface area contributed by atoms with Crippen LogP contribution in [0.5, 0.6) is 17.2 Å². The molecule has 26 heavy (non-hydrogen) atoms. The lowest BCUT2D eigenvalue weighted by molar-refractivity contribution is 0.465. The summed E-state index contributed by atoms with van der Waals surface area (Å²) in [5.74, 6) is -0.122. The largest absolute Gasteiger partial charge is 0.508 e. The van der Waals surface area contributed by atoms with Crippen molar-refractivity contribution in [2.24, 2.45) is 0 Å². The standard InChI is InChI=1S/C21H22N2O3/c1-11-7-13(8-12(2)20(11)25)19(15-5-3-4-6-18(15)24)14-9-16(22)21(26)17(23)10-14/h3-10,19,24-26H,22-23H2,1-2H3. The van der Waals surface area contributed by atoms with Gasteiger partial charge in [-0.1, -0.05) is 30.3 Å². The minimum Gasteiger partial charge on any atom is -0.508 e. The fourth-order valence-electron chi connectivity index (χ4n) is 3.31. The molecule has 5 nitrogen and oxygen atoms in total. The number of aromatic hydroxyl groups is 3. The Morgan fingerprint density at radius 1 is 0.731 bits per heavy atom. The lowest BCUT2D eigenvalue weighted by atomic mass is 9.83. The molecule has 0 amide bonds. The van der Waals surface area contributed by atoms with E-state index in [1.54, 1.807) is 24.3 Å². The summed E-state index contributed by atoms with van der Waals surface area (Å²) in [6.45, 7) is 3.65. The molecule has 3 rings (SSSR count).